The van der Waals surface area contributed by atoms with Crippen molar-refractivity contribution in [3.05, 3.63) is 75.2 Å². The second-order valence-electron chi connectivity index (χ2n) is 5.36. The van der Waals surface area contributed by atoms with Crippen molar-refractivity contribution in [2.45, 2.75) is 0 Å². The minimum atomic E-state index is -0.480. The summed E-state index contributed by atoms with van der Waals surface area (Å²) in [6.45, 7) is 0. The number of nitrogens with zero attached hydrogens (tertiary/aromatic N) is 3. The molecule has 1 N–H and O–H groups in total. The number of nitrogens with one attached hydrogen (secondary N) is 1. The van der Waals surface area contributed by atoms with Crippen molar-refractivity contribution in [2.75, 3.05) is 12.4 Å². The lowest BCUT2D eigenvalue weighted by Crippen LogP contribution is -1.96. The molecule has 1 aromatic heterocycles. The number of allylic oxidation sites excluding steroid dienone is 1. The molecule has 3 rings (SSSR count). The van der Waals surface area contributed by atoms with Gasteiger partial charge in [0.1, 0.15) is 28.1 Å². The number of thiazole rings is 1. The highest BCUT2D eigenvalue weighted by molar-refractivity contribution is 7.11. The number of anilines is 1. The standard InChI is InChI=1S/C19H14N4O3S/c1-26-15-6-4-5-13(9-15)17-12-27-19(22-17)14(10-20)11-21-16-7-2-3-8-18(16)23(24)25/h2-9,11-12,21H,1H3. The summed E-state index contributed by atoms with van der Waals surface area (Å²) in [5.74, 6) is 0.719. The molecule has 0 unspecified atom stereocenters. The molecule has 27 heavy (non-hydrogen) atoms. The highest BCUT2D eigenvalue weighted by Gasteiger charge is 2.13. The van der Waals surface area contributed by atoms with E-state index in [1.54, 1.807) is 25.3 Å². The number of nitro groups is 1. The number of nitriles is 1. The molecule has 0 amide bonds. The van der Waals surface area contributed by atoms with Gasteiger partial charge in [0.2, 0.25) is 0 Å². The summed E-state index contributed by atoms with van der Waals surface area (Å²) in [4.78, 5) is 15.1. The lowest BCUT2D eigenvalue weighted by molar-refractivity contribution is -0.383. The minimum absolute atomic E-state index is 0.0674. The Morgan fingerprint density at radius 1 is 1.33 bits per heavy atom. The Hall–Kier alpha value is -3.70. The molecule has 0 saturated carbocycles. The number of aromatic nitrogens is 1. The fraction of sp³-hybridized carbons (Fsp3) is 0.0526. The first-order valence-electron chi connectivity index (χ1n) is 7.83. The van der Waals surface area contributed by atoms with Crippen LogP contribution in [0.2, 0.25) is 0 Å². The first kappa shape index (κ1) is 18.1. The molecule has 0 aliphatic rings. The van der Waals surface area contributed by atoms with E-state index < -0.39 is 4.92 Å². The summed E-state index contributed by atoms with van der Waals surface area (Å²) in [7, 11) is 1.59. The van der Waals surface area contributed by atoms with Crippen molar-refractivity contribution in [3.63, 3.8) is 0 Å². The molecule has 0 bridgehead atoms. The third-order valence-corrected chi connectivity index (χ3v) is 4.57. The number of ether oxygens (including phenoxy) is 1. The number of hydrogen-bond acceptors (Lipinski definition) is 7. The zero-order chi connectivity index (χ0) is 19.2. The normalized spacial score (nSPS) is 10.9. The van der Waals surface area contributed by atoms with Crippen molar-refractivity contribution in [1.82, 2.24) is 4.98 Å². The van der Waals surface area contributed by atoms with Crippen LogP contribution < -0.4 is 10.1 Å². The van der Waals surface area contributed by atoms with Crippen molar-refractivity contribution in [2.24, 2.45) is 0 Å². The van der Waals surface area contributed by atoms with Crippen molar-refractivity contribution in [1.29, 1.82) is 5.26 Å². The van der Waals surface area contributed by atoms with Gasteiger partial charge in [0.25, 0.3) is 5.69 Å². The number of benzene rings is 2. The lowest BCUT2D eigenvalue weighted by Gasteiger charge is -2.03. The predicted molar refractivity (Wildman–Crippen MR) is 104 cm³/mol. The summed E-state index contributed by atoms with van der Waals surface area (Å²) >= 11 is 1.32. The number of rotatable bonds is 6. The quantitative estimate of drug-likeness (QED) is 0.379. The Morgan fingerprint density at radius 2 is 2.15 bits per heavy atom. The maximum absolute atomic E-state index is 11.1. The summed E-state index contributed by atoms with van der Waals surface area (Å²) in [5.41, 5.74) is 2.12. The van der Waals surface area contributed by atoms with Gasteiger partial charge in [0.15, 0.2) is 0 Å². The van der Waals surface area contributed by atoms with Crippen LogP contribution in [-0.4, -0.2) is 17.0 Å². The molecule has 134 valence electrons. The minimum Gasteiger partial charge on any atom is -0.497 e. The number of methoxy groups -OCH3 is 1. The second kappa shape index (κ2) is 8.12. The van der Waals surface area contributed by atoms with Crippen LogP contribution in [-0.2, 0) is 0 Å². The molecular formula is C19H14N4O3S. The Labute approximate surface area is 159 Å². The van der Waals surface area contributed by atoms with Gasteiger partial charge in [0, 0.05) is 23.2 Å². The van der Waals surface area contributed by atoms with E-state index in [-0.39, 0.29) is 11.3 Å². The molecule has 3 aromatic rings. The van der Waals surface area contributed by atoms with Gasteiger partial charge in [-0.2, -0.15) is 5.26 Å². The number of para-hydroxylation sites is 2. The molecule has 0 atom stereocenters. The third-order valence-electron chi connectivity index (χ3n) is 3.69. The van der Waals surface area contributed by atoms with E-state index in [1.165, 1.54) is 23.6 Å². The summed E-state index contributed by atoms with van der Waals surface area (Å²) in [5, 5.41) is 25.7. The number of hydrogen-bond donors (Lipinski definition) is 1. The van der Waals surface area contributed by atoms with E-state index in [0.717, 1.165) is 17.0 Å². The van der Waals surface area contributed by atoms with Gasteiger partial charge >= 0.3 is 0 Å². The molecule has 7 nitrogen and oxygen atoms in total. The molecule has 8 heteroatoms. The van der Waals surface area contributed by atoms with E-state index in [0.29, 0.717) is 10.7 Å². The second-order valence-corrected chi connectivity index (χ2v) is 6.22. The van der Waals surface area contributed by atoms with Crippen LogP contribution in [0.5, 0.6) is 5.75 Å². The van der Waals surface area contributed by atoms with Gasteiger partial charge in [-0.25, -0.2) is 4.98 Å². The zero-order valence-electron chi connectivity index (χ0n) is 14.2. The lowest BCUT2D eigenvalue weighted by atomic mass is 10.1. The molecular weight excluding hydrogens is 364 g/mol. The average Bonchev–Trinajstić information content (AvgIpc) is 3.19. The van der Waals surface area contributed by atoms with Crippen LogP contribution in [0.3, 0.4) is 0 Å². The van der Waals surface area contributed by atoms with Gasteiger partial charge in [-0.3, -0.25) is 10.1 Å². The van der Waals surface area contributed by atoms with E-state index >= 15 is 0 Å². The van der Waals surface area contributed by atoms with Crippen molar-refractivity contribution < 1.29 is 9.66 Å². The molecule has 1 heterocycles. The maximum atomic E-state index is 11.1. The first-order chi connectivity index (χ1) is 13.1. The van der Waals surface area contributed by atoms with Gasteiger partial charge in [0.05, 0.1) is 17.7 Å². The highest BCUT2D eigenvalue weighted by atomic mass is 32.1. The highest BCUT2D eigenvalue weighted by Crippen LogP contribution is 2.29. The summed E-state index contributed by atoms with van der Waals surface area (Å²) in [6.07, 6.45) is 1.43. The van der Waals surface area contributed by atoms with Crippen LogP contribution in [0, 0.1) is 21.4 Å². The van der Waals surface area contributed by atoms with Crippen molar-refractivity contribution in [3.8, 4) is 23.1 Å². The number of nitro benzene ring substituents is 1. The summed E-state index contributed by atoms with van der Waals surface area (Å²) < 4.78 is 5.22. The zero-order valence-corrected chi connectivity index (χ0v) is 15.1. The predicted octanol–water partition coefficient (Wildman–Crippen LogP) is 4.70. The SMILES string of the molecule is COc1cccc(-c2csc(C(C#N)=CNc3ccccc3[N+](=O)[O-])n2)c1. The third kappa shape index (κ3) is 4.11. The van der Waals surface area contributed by atoms with Gasteiger partial charge in [-0.05, 0) is 18.2 Å². The van der Waals surface area contributed by atoms with Crippen LogP contribution in [0.25, 0.3) is 16.8 Å². The van der Waals surface area contributed by atoms with Gasteiger partial charge in [-0.15, -0.1) is 11.3 Å². The van der Waals surface area contributed by atoms with Crippen LogP contribution in [0.4, 0.5) is 11.4 Å². The van der Waals surface area contributed by atoms with Crippen LogP contribution in [0.1, 0.15) is 5.01 Å². The fourth-order valence-electron chi connectivity index (χ4n) is 2.36. The van der Waals surface area contributed by atoms with Gasteiger partial charge in [-0.1, -0.05) is 24.3 Å². The molecule has 2 aromatic carbocycles. The van der Waals surface area contributed by atoms with E-state index in [4.69, 9.17) is 4.74 Å². The topological polar surface area (TPSA) is 101 Å². The average molecular weight is 378 g/mol. The Kier molecular flexibility index (Phi) is 5.44. The van der Waals surface area contributed by atoms with Crippen molar-refractivity contribution >= 4 is 28.3 Å². The van der Waals surface area contributed by atoms with Gasteiger partial charge < -0.3 is 10.1 Å². The molecule has 0 radical (unpaired) electrons. The smallest absolute Gasteiger partial charge is 0.292 e. The largest absolute Gasteiger partial charge is 0.497 e. The molecule has 0 fully saturated rings. The van der Waals surface area contributed by atoms with E-state index in [9.17, 15) is 15.4 Å². The van der Waals surface area contributed by atoms with Crippen LogP contribution >= 0.6 is 11.3 Å². The Bertz CT molecular complexity index is 1050. The molecule has 0 saturated heterocycles. The first-order valence-corrected chi connectivity index (χ1v) is 8.71. The maximum Gasteiger partial charge on any atom is 0.292 e. The Morgan fingerprint density at radius 3 is 2.89 bits per heavy atom. The van der Waals surface area contributed by atoms with Crippen LogP contribution in [0.15, 0.2) is 60.1 Å². The Balaban J connectivity index is 1.87. The van der Waals surface area contributed by atoms with E-state index in [2.05, 4.69) is 16.4 Å². The monoisotopic (exact) mass is 378 g/mol. The van der Waals surface area contributed by atoms with E-state index in [1.807, 2.05) is 29.6 Å². The molecule has 0 aliphatic carbocycles. The molecule has 0 spiro atoms. The molecule has 0 aliphatic heterocycles. The fourth-order valence-corrected chi connectivity index (χ4v) is 3.15. The summed E-state index contributed by atoms with van der Waals surface area (Å²) in [6, 6.07) is 15.8.